The number of nitrogens with zero attached hydrogens (tertiary/aromatic N) is 5. The lowest BCUT2D eigenvalue weighted by atomic mass is 9.96. The van der Waals surface area contributed by atoms with Crippen molar-refractivity contribution < 1.29 is 9.53 Å². The van der Waals surface area contributed by atoms with E-state index < -0.39 is 0 Å². The fourth-order valence-corrected chi connectivity index (χ4v) is 3.43. The summed E-state index contributed by atoms with van der Waals surface area (Å²) in [6, 6.07) is 1.62. The number of hydrogen-bond acceptors (Lipinski definition) is 5. The highest BCUT2D eigenvalue weighted by molar-refractivity contribution is 5.96. The van der Waals surface area contributed by atoms with Gasteiger partial charge in [0.1, 0.15) is 5.56 Å². The number of amides is 1. The molecular weight excluding hydrogens is 346 g/mol. The Kier molecular flexibility index (Phi) is 5.62. The Morgan fingerprint density at radius 1 is 1.33 bits per heavy atom. The molecule has 0 spiro atoms. The molecule has 146 valence electrons. The Morgan fingerprint density at radius 2 is 2.04 bits per heavy atom. The van der Waals surface area contributed by atoms with Crippen LogP contribution in [0.1, 0.15) is 48.7 Å². The third-order valence-corrected chi connectivity index (χ3v) is 5.07. The first kappa shape index (κ1) is 19.1. The number of ether oxygens (including phenoxy) is 1. The Morgan fingerprint density at radius 3 is 2.63 bits per heavy atom. The number of piperidine rings is 1. The van der Waals surface area contributed by atoms with Gasteiger partial charge in [-0.3, -0.25) is 18.8 Å². The summed E-state index contributed by atoms with van der Waals surface area (Å²) >= 11 is 0. The van der Waals surface area contributed by atoms with Crippen LogP contribution in [0.15, 0.2) is 23.4 Å². The van der Waals surface area contributed by atoms with Crippen molar-refractivity contribution >= 4 is 5.91 Å². The van der Waals surface area contributed by atoms with Crippen molar-refractivity contribution in [2.24, 2.45) is 13.0 Å². The fraction of sp³-hybridized carbons (Fsp3) is 0.579. The summed E-state index contributed by atoms with van der Waals surface area (Å²) in [6.07, 6.45) is 5.05. The number of aromatic nitrogens is 4. The van der Waals surface area contributed by atoms with Crippen molar-refractivity contribution in [3.63, 3.8) is 0 Å². The summed E-state index contributed by atoms with van der Waals surface area (Å²) in [4.78, 5) is 31.2. The monoisotopic (exact) mass is 373 g/mol. The maximum Gasteiger partial charge on any atom is 0.260 e. The fourth-order valence-electron chi connectivity index (χ4n) is 3.43. The second kappa shape index (κ2) is 7.94. The van der Waals surface area contributed by atoms with Crippen LogP contribution in [-0.2, 0) is 13.6 Å². The van der Waals surface area contributed by atoms with Crippen LogP contribution in [0.2, 0.25) is 0 Å². The quantitative estimate of drug-likeness (QED) is 0.796. The Hall–Kier alpha value is -2.64. The Labute approximate surface area is 158 Å². The zero-order valence-corrected chi connectivity index (χ0v) is 16.4. The van der Waals surface area contributed by atoms with Gasteiger partial charge in [0.05, 0.1) is 19.1 Å². The summed E-state index contributed by atoms with van der Waals surface area (Å²) in [6.45, 7) is 6.01. The number of aryl methyl sites for hydroxylation is 1. The van der Waals surface area contributed by atoms with Gasteiger partial charge in [0.2, 0.25) is 5.88 Å². The van der Waals surface area contributed by atoms with E-state index in [4.69, 9.17) is 4.74 Å². The molecule has 1 amide bonds. The van der Waals surface area contributed by atoms with Gasteiger partial charge in [-0.15, -0.1) is 5.10 Å². The highest BCUT2D eigenvalue weighted by Crippen LogP contribution is 2.23. The molecule has 27 heavy (non-hydrogen) atoms. The van der Waals surface area contributed by atoms with Crippen LogP contribution in [0.25, 0.3) is 0 Å². The molecule has 0 N–H and O–H groups in total. The van der Waals surface area contributed by atoms with Crippen molar-refractivity contribution in [3.8, 4) is 5.88 Å². The molecule has 1 saturated heterocycles. The second-order valence-corrected chi connectivity index (χ2v) is 7.42. The van der Waals surface area contributed by atoms with Crippen molar-refractivity contribution in [2.75, 3.05) is 20.2 Å². The summed E-state index contributed by atoms with van der Waals surface area (Å²) in [5.74, 6) is 0.895. The van der Waals surface area contributed by atoms with E-state index in [1.807, 2.05) is 18.7 Å². The highest BCUT2D eigenvalue weighted by atomic mass is 16.5. The van der Waals surface area contributed by atoms with E-state index in [0.29, 0.717) is 37.0 Å². The average Bonchev–Trinajstić information content (AvgIpc) is 3.04. The zero-order chi connectivity index (χ0) is 19.6. The summed E-state index contributed by atoms with van der Waals surface area (Å²) in [7, 11) is 3.28. The molecular formula is C19H27N5O3. The maximum atomic E-state index is 12.7. The molecule has 2 aromatic rings. The molecule has 0 radical (unpaired) electrons. The summed E-state index contributed by atoms with van der Waals surface area (Å²) < 4.78 is 8.45. The van der Waals surface area contributed by atoms with Crippen LogP contribution in [0.5, 0.6) is 5.88 Å². The predicted molar refractivity (Wildman–Crippen MR) is 101 cm³/mol. The Bertz CT molecular complexity index is 862. The Balaban J connectivity index is 1.60. The van der Waals surface area contributed by atoms with Gasteiger partial charge < -0.3 is 9.64 Å². The van der Waals surface area contributed by atoms with Gasteiger partial charge in [0.15, 0.2) is 0 Å². The summed E-state index contributed by atoms with van der Waals surface area (Å²) in [5.41, 5.74) is 1.30. The number of likely N-dealkylation sites (tertiary alicyclic amines) is 1. The first-order chi connectivity index (χ1) is 12.9. The van der Waals surface area contributed by atoms with E-state index in [9.17, 15) is 9.59 Å². The molecule has 8 nitrogen and oxygen atoms in total. The molecule has 1 aliphatic rings. The van der Waals surface area contributed by atoms with E-state index in [-0.39, 0.29) is 17.4 Å². The number of carbonyl (C=O) groups is 1. The van der Waals surface area contributed by atoms with Gasteiger partial charge in [0, 0.05) is 38.9 Å². The van der Waals surface area contributed by atoms with Crippen LogP contribution < -0.4 is 10.3 Å². The minimum absolute atomic E-state index is 0.00713. The molecule has 0 unspecified atom stereocenters. The van der Waals surface area contributed by atoms with Crippen molar-refractivity contribution in [1.82, 2.24) is 24.2 Å². The largest absolute Gasteiger partial charge is 0.479 e. The molecule has 2 aromatic heterocycles. The maximum absolute atomic E-state index is 12.7. The minimum atomic E-state index is -0.0569. The lowest BCUT2D eigenvalue weighted by Gasteiger charge is -2.32. The molecule has 3 rings (SSSR count). The lowest BCUT2D eigenvalue weighted by molar-refractivity contribution is 0.0679. The van der Waals surface area contributed by atoms with Crippen LogP contribution in [0.4, 0.5) is 0 Å². The van der Waals surface area contributed by atoms with Crippen molar-refractivity contribution in [3.05, 3.63) is 40.2 Å². The molecule has 1 fully saturated rings. The third-order valence-electron chi connectivity index (χ3n) is 5.07. The minimum Gasteiger partial charge on any atom is -0.479 e. The highest BCUT2D eigenvalue weighted by Gasteiger charge is 2.27. The SMILES string of the molecule is COc1nn(C)cc1C(=O)N1CCC(Cn2cnc(C(C)C)cc2=O)CC1. The molecule has 8 heteroatoms. The molecule has 0 saturated carbocycles. The molecule has 0 bridgehead atoms. The molecule has 1 aliphatic heterocycles. The molecule has 0 aliphatic carbocycles. The van der Waals surface area contributed by atoms with Crippen LogP contribution in [0.3, 0.4) is 0 Å². The third kappa shape index (κ3) is 4.20. The molecule has 3 heterocycles. The number of hydrogen-bond donors (Lipinski definition) is 0. The number of methoxy groups -OCH3 is 1. The molecule has 0 atom stereocenters. The van der Waals surface area contributed by atoms with Crippen molar-refractivity contribution in [2.45, 2.75) is 39.2 Å². The van der Waals surface area contributed by atoms with E-state index in [2.05, 4.69) is 10.1 Å². The van der Waals surface area contributed by atoms with Gasteiger partial charge >= 0.3 is 0 Å². The topological polar surface area (TPSA) is 82.2 Å². The van der Waals surface area contributed by atoms with E-state index in [1.165, 1.54) is 7.11 Å². The van der Waals surface area contributed by atoms with E-state index in [1.54, 1.807) is 34.9 Å². The molecule has 0 aromatic carbocycles. The number of rotatable bonds is 5. The van der Waals surface area contributed by atoms with Crippen molar-refractivity contribution in [1.29, 1.82) is 0 Å². The first-order valence-corrected chi connectivity index (χ1v) is 9.32. The van der Waals surface area contributed by atoms with Crippen LogP contribution in [0, 0.1) is 5.92 Å². The van der Waals surface area contributed by atoms with Crippen LogP contribution in [-0.4, -0.2) is 50.3 Å². The average molecular weight is 373 g/mol. The standard InChI is InChI=1S/C19H27N5O3/c1-13(2)16-9-17(25)24(12-20-16)10-14-5-7-23(8-6-14)19(26)15-11-22(3)21-18(15)27-4/h9,11-14H,5-8,10H2,1-4H3. The lowest BCUT2D eigenvalue weighted by Crippen LogP contribution is -2.40. The van der Waals surface area contributed by atoms with Gasteiger partial charge in [-0.05, 0) is 24.7 Å². The van der Waals surface area contributed by atoms with Gasteiger partial charge in [-0.25, -0.2) is 4.98 Å². The summed E-state index contributed by atoms with van der Waals surface area (Å²) in [5, 5.41) is 4.15. The van der Waals surface area contributed by atoms with Crippen LogP contribution >= 0.6 is 0 Å². The number of carbonyl (C=O) groups excluding carboxylic acids is 1. The van der Waals surface area contributed by atoms with Gasteiger partial charge in [-0.1, -0.05) is 13.8 Å². The smallest absolute Gasteiger partial charge is 0.260 e. The van der Waals surface area contributed by atoms with E-state index in [0.717, 1.165) is 18.5 Å². The van der Waals surface area contributed by atoms with Gasteiger partial charge in [-0.2, -0.15) is 0 Å². The zero-order valence-electron chi connectivity index (χ0n) is 16.4. The first-order valence-electron chi connectivity index (χ1n) is 9.32. The normalized spacial score (nSPS) is 15.4. The second-order valence-electron chi connectivity index (χ2n) is 7.42. The van der Waals surface area contributed by atoms with Gasteiger partial charge in [0.25, 0.3) is 11.5 Å². The predicted octanol–water partition coefficient (Wildman–Crippen LogP) is 1.66. The van der Waals surface area contributed by atoms with E-state index >= 15 is 0 Å².